The van der Waals surface area contributed by atoms with Crippen LogP contribution in [0.5, 0.6) is 5.88 Å². The molecule has 0 spiro atoms. The first-order valence-corrected chi connectivity index (χ1v) is 6.32. The van der Waals surface area contributed by atoms with Crippen LogP contribution in [0, 0.1) is 0 Å². The minimum atomic E-state index is 0.386. The topological polar surface area (TPSA) is 59.9 Å². The summed E-state index contributed by atoms with van der Waals surface area (Å²) in [6.45, 7) is 4.25. The Labute approximate surface area is 113 Å². The van der Waals surface area contributed by atoms with Crippen LogP contribution < -0.4 is 10.1 Å². The molecule has 0 aliphatic rings. The average Bonchev–Trinajstić information content (AvgIpc) is 2.47. The first-order chi connectivity index (χ1) is 9.22. The van der Waals surface area contributed by atoms with Gasteiger partial charge in [-0.3, -0.25) is 0 Å². The van der Waals surface area contributed by atoms with Crippen LogP contribution in [0.3, 0.4) is 0 Å². The Morgan fingerprint density at radius 2 is 2.11 bits per heavy atom. The molecule has 1 N–H and O–H groups in total. The fourth-order valence-electron chi connectivity index (χ4n) is 1.60. The van der Waals surface area contributed by atoms with Gasteiger partial charge < -0.3 is 10.1 Å². The number of nitrogens with zero attached hydrogens (tertiary/aromatic N) is 3. The number of rotatable bonds is 5. The highest BCUT2D eigenvalue weighted by Crippen LogP contribution is 2.20. The van der Waals surface area contributed by atoms with E-state index in [1.165, 1.54) is 0 Å². The van der Waals surface area contributed by atoms with Crippen molar-refractivity contribution < 1.29 is 4.74 Å². The van der Waals surface area contributed by atoms with E-state index in [-0.39, 0.29) is 0 Å². The predicted octanol–water partition coefficient (Wildman–Crippen LogP) is 2.76. The van der Waals surface area contributed by atoms with Gasteiger partial charge in [0, 0.05) is 29.9 Å². The van der Waals surface area contributed by atoms with Crippen molar-refractivity contribution in [3.8, 4) is 17.1 Å². The number of aromatic nitrogens is 3. The average molecular weight is 258 g/mol. The summed E-state index contributed by atoms with van der Waals surface area (Å²) < 4.78 is 5.04. The highest BCUT2D eigenvalue weighted by atomic mass is 16.5. The number of pyridine rings is 1. The molecule has 2 aromatic rings. The van der Waals surface area contributed by atoms with Crippen molar-refractivity contribution in [1.29, 1.82) is 0 Å². The van der Waals surface area contributed by atoms with Crippen molar-refractivity contribution in [2.75, 3.05) is 12.4 Å². The third-order valence-electron chi connectivity index (χ3n) is 2.91. The monoisotopic (exact) mass is 258 g/mol. The Morgan fingerprint density at radius 1 is 1.26 bits per heavy atom. The van der Waals surface area contributed by atoms with E-state index in [2.05, 4.69) is 34.1 Å². The maximum absolute atomic E-state index is 5.04. The molecular formula is C14H18N4O. The van der Waals surface area contributed by atoms with Crippen molar-refractivity contribution >= 4 is 5.82 Å². The van der Waals surface area contributed by atoms with Gasteiger partial charge in [0.15, 0.2) is 0 Å². The molecule has 0 saturated heterocycles. The van der Waals surface area contributed by atoms with Gasteiger partial charge in [-0.15, -0.1) is 0 Å². The van der Waals surface area contributed by atoms with Gasteiger partial charge >= 0.3 is 0 Å². The molecule has 19 heavy (non-hydrogen) atoms. The molecule has 2 heterocycles. The molecule has 0 radical (unpaired) electrons. The first kappa shape index (κ1) is 13.3. The molecule has 0 aliphatic carbocycles. The highest BCUT2D eigenvalue weighted by molar-refractivity contribution is 5.61. The largest absolute Gasteiger partial charge is 0.481 e. The van der Waals surface area contributed by atoms with Gasteiger partial charge in [0.25, 0.3) is 0 Å². The van der Waals surface area contributed by atoms with Gasteiger partial charge in [0.05, 0.1) is 12.8 Å². The van der Waals surface area contributed by atoms with Crippen LogP contribution in [0.25, 0.3) is 11.3 Å². The van der Waals surface area contributed by atoms with Crippen molar-refractivity contribution in [3.05, 3.63) is 30.7 Å². The van der Waals surface area contributed by atoms with E-state index in [9.17, 15) is 0 Å². The second-order valence-electron chi connectivity index (χ2n) is 4.33. The Bertz CT molecular complexity index is 527. The number of hydrogen-bond donors (Lipinski definition) is 1. The second-order valence-corrected chi connectivity index (χ2v) is 4.33. The standard InChI is InChI=1S/C14H18N4O/c1-4-10(2)18-13-7-12(16-9-17-13)11-5-6-14(19-3)15-8-11/h5-10H,4H2,1-3H3,(H,16,17,18). The molecule has 1 atom stereocenters. The van der Waals surface area contributed by atoms with Crippen LogP contribution in [0.1, 0.15) is 20.3 Å². The van der Waals surface area contributed by atoms with Crippen LogP contribution in [0.15, 0.2) is 30.7 Å². The molecule has 2 aromatic heterocycles. The predicted molar refractivity (Wildman–Crippen MR) is 75.2 cm³/mol. The lowest BCUT2D eigenvalue weighted by molar-refractivity contribution is 0.398. The van der Waals surface area contributed by atoms with E-state index in [1.54, 1.807) is 19.6 Å². The summed E-state index contributed by atoms with van der Waals surface area (Å²) >= 11 is 0. The highest BCUT2D eigenvalue weighted by Gasteiger charge is 2.05. The summed E-state index contributed by atoms with van der Waals surface area (Å²) in [6, 6.07) is 6.06. The van der Waals surface area contributed by atoms with Gasteiger partial charge in [-0.1, -0.05) is 6.92 Å². The van der Waals surface area contributed by atoms with Gasteiger partial charge in [-0.05, 0) is 19.4 Å². The third-order valence-corrected chi connectivity index (χ3v) is 2.91. The molecule has 0 aliphatic heterocycles. The SMILES string of the molecule is CCC(C)Nc1cc(-c2ccc(OC)nc2)ncn1. The first-order valence-electron chi connectivity index (χ1n) is 6.32. The summed E-state index contributed by atoms with van der Waals surface area (Å²) in [4.78, 5) is 12.7. The molecule has 0 aromatic carbocycles. The zero-order chi connectivity index (χ0) is 13.7. The van der Waals surface area contributed by atoms with Gasteiger partial charge in [-0.25, -0.2) is 15.0 Å². The van der Waals surface area contributed by atoms with Crippen molar-refractivity contribution in [2.45, 2.75) is 26.3 Å². The minimum Gasteiger partial charge on any atom is -0.481 e. The summed E-state index contributed by atoms with van der Waals surface area (Å²) in [5.41, 5.74) is 1.78. The van der Waals surface area contributed by atoms with Crippen molar-refractivity contribution in [3.63, 3.8) is 0 Å². The summed E-state index contributed by atoms with van der Waals surface area (Å²) in [5, 5.41) is 3.33. The molecule has 0 saturated carbocycles. The van der Waals surface area contributed by atoms with Crippen LogP contribution in [-0.4, -0.2) is 28.1 Å². The zero-order valence-electron chi connectivity index (χ0n) is 11.4. The molecule has 100 valence electrons. The summed E-state index contributed by atoms with van der Waals surface area (Å²) in [6.07, 6.45) is 4.35. The quantitative estimate of drug-likeness (QED) is 0.893. The molecule has 5 nitrogen and oxygen atoms in total. The van der Waals surface area contributed by atoms with E-state index in [4.69, 9.17) is 4.74 Å². The van der Waals surface area contributed by atoms with E-state index in [0.29, 0.717) is 11.9 Å². The number of ether oxygens (including phenoxy) is 1. The van der Waals surface area contributed by atoms with Gasteiger partial charge in [0.1, 0.15) is 12.1 Å². The van der Waals surface area contributed by atoms with Crippen LogP contribution in [0.4, 0.5) is 5.82 Å². The fraction of sp³-hybridized carbons (Fsp3) is 0.357. The molecule has 1 unspecified atom stereocenters. The lowest BCUT2D eigenvalue weighted by Crippen LogP contribution is -2.14. The number of nitrogens with one attached hydrogen (secondary N) is 1. The lowest BCUT2D eigenvalue weighted by atomic mass is 10.2. The van der Waals surface area contributed by atoms with Gasteiger partial charge in [-0.2, -0.15) is 0 Å². The summed E-state index contributed by atoms with van der Waals surface area (Å²) in [7, 11) is 1.60. The van der Waals surface area contributed by atoms with E-state index >= 15 is 0 Å². The van der Waals surface area contributed by atoms with E-state index in [0.717, 1.165) is 23.5 Å². The normalized spacial score (nSPS) is 11.9. The third kappa shape index (κ3) is 3.40. The zero-order valence-corrected chi connectivity index (χ0v) is 11.4. The number of hydrogen-bond acceptors (Lipinski definition) is 5. The lowest BCUT2D eigenvalue weighted by Gasteiger charge is -2.12. The minimum absolute atomic E-state index is 0.386. The molecule has 2 rings (SSSR count). The summed E-state index contributed by atoms with van der Waals surface area (Å²) in [5.74, 6) is 1.42. The van der Waals surface area contributed by atoms with E-state index < -0.39 is 0 Å². The van der Waals surface area contributed by atoms with Gasteiger partial charge in [0.2, 0.25) is 5.88 Å². The second kappa shape index (κ2) is 6.13. The Hall–Kier alpha value is -2.17. The Morgan fingerprint density at radius 3 is 2.74 bits per heavy atom. The fourth-order valence-corrected chi connectivity index (χ4v) is 1.60. The smallest absolute Gasteiger partial charge is 0.212 e. The number of anilines is 1. The molecule has 0 amide bonds. The molecular weight excluding hydrogens is 240 g/mol. The number of methoxy groups -OCH3 is 1. The molecule has 0 fully saturated rings. The van der Waals surface area contributed by atoms with Crippen LogP contribution in [0.2, 0.25) is 0 Å². The molecule has 0 bridgehead atoms. The van der Waals surface area contributed by atoms with E-state index in [1.807, 2.05) is 18.2 Å². The van der Waals surface area contributed by atoms with Crippen molar-refractivity contribution in [2.24, 2.45) is 0 Å². The Kier molecular flexibility index (Phi) is 4.28. The van der Waals surface area contributed by atoms with Crippen LogP contribution in [-0.2, 0) is 0 Å². The van der Waals surface area contributed by atoms with Crippen molar-refractivity contribution in [1.82, 2.24) is 15.0 Å². The Balaban J connectivity index is 2.21. The molecule has 5 heteroatoms. The van der Waals surface area contributed by atoms with Crippen LogP contribution >= 0.6 is 0 Å². The maximum atomic E-state index is 5.04. The maximum Gasteiger partial charge on any atom is 0.212 e.